The van der Waals surface area contributed by atoms with Crippen LogP contribution in [0.2, 0.25) is 10.0 Å². The number of halogens is 2. The number of aromatic nitrogens is 1. The van der Waals surface area contributed by atoms with Crippen molar-refractivity contribution in [3.05, 3.63) is 46.1 Å². The van der Waals surface area contributed by atoms with E-state index in [2.05, 4.69) is 15.6 Å². The number of ether oxygens (including phenoxy) is 1. The maximum atomic E-state index is 12.3. The molecule has 0 spiro atoms. The molecule has 0 bridgehead atoms. The van der Waals surface area contributed by atoms with Crippen molar-refractivity contribution in [2.75, 3.05) is 24.8 Å². The number of carbonyl (C=O) groups is 1. The highest BCUT2D eigenvalue weighted by atomic mass is 35.5. The van der Waals surface area contributed by atoms with E-state index in [0.29, 0.717) is 27.8 Å². The molecule has 0 aliphatic heterocycles. The predicted molar refractivity (Wildman–Crippen MR) is 84.8 cm³/mol. The Hall–Kier alpha value is -1.98. The van der Waals surface area contributed by atoms with Crippen LogP contribution in [0.3, 0.4) is 0 Å². The number of pyridine rings is 1. The predicted octanol–water partition coefficient (Wildman–Crippen LogP) is 3.69. The second kappa shape index (κ2) is 6.65. The first-order chi connectivity index (χ1) is 10.0. The van der Waals surface area contributed by atoms with Crippen LogP contribution < -0.4 is 15.4 Å². The Balaban J connectivity index is 2.29. The molecule has 0 saturated heterocycles. The number of hydrogen-bond acceptors (Lipinski definition) is 4. The Morgan fingerprint density at radius 2 is 2.00 bits per heavy atom. The molecule has 1 heterocycles. The molecule has 2 N–H and O–H groups in total. The number of anilines is 2. The molecule has 110 valence electrons. The third kappa shape index (κ3) is 3.56. The SMILES string of the molecule is CNc1cc(C(=O)Nc2cc(OC)ccc2Cl)c(Cl)cn1. The van der Waals surface area contributed by atoms with Crippen LogP contribution in [-0.2, 0) is 0 Å². The van der Waals surface area contributed by atoms with Gasteiger partial charge >= 0.3 is 0 Å². The van der Waals surface area contributed by atoms with Crippen LogP contribution in [0.4, 0.5) is 11.5 Å². The number of nitrogens with zero attached hydrogens (tertiary/aromatic N) is 1. The highest BCUT2D eigenvalue weighted by Crippen LogP contribution is 2.28. The van der Waals surface area contributed by atoms with Crippen molar-refractivity contribution >= 4 is 40.6 Å². The second-order valence-corrected chi connectivity index (χ2v) is 4.91. The quantitative estimate of drug-likeness (QED) is 0.899. The van der Waals surface area contributed by atoms with Crippen LogP contribution in [0, 0.1) is 0 Å². The first-order valence-electron chi connectivity index (χ1n) is 6.03. The maximum Gasteiger partial charge on any atom is 0.257 e. The average molecular weight is 326 g/mol. The zero-order chi connectivity index (χ0) is 15.4. The van der Waals surface area contributed by atoms with Gasteiger partial charge in [-0.1, -0.05) is 23.2 Å². The fourth-order valence-electron chi connectivity index (χ4n) is 1.67. The average Bonchev–Trinajstić information content (AvgIpc) is 2.49. The molecule has 0 saturated carbocycles. The summed E-state index contributed by atoms with van der Waals surface area (Å²) in [5, 5.41) is 6.21. The van der Waals surface area contributed by atoms with Crippen molar-refractivity contribution in [3.8, 4) is 5.75 Å². The van der Waals surface area contributed by atoms with Crippen LogP contribution in [0.5, 0.6) is 5.75 Å². The summed E-state index contributed by atoms with van der Waals surface area (Å²) in [6.45, 7) is 0. The monoisotopic (exact) mass is 325 g/mol. The minimum atomic E-state index is -0.381. The Kier molecular flexibility index (Phi) is 4.88. The Morgan fingerprint density at radius 1 is 1.24 bits per heavy atom. The van der Waals surface area contributed by atoms with E-state index < -0.39 is 0 Å². The highest BCUT2D eigenvalue weighted by molar-refractivity contribution is 6.36. The first-order valence-corrected chi connectivity index (χ1v) is 6.79. The molecule has 0 radical (unpaired) electrons. The lowest BCUT2D eigenvalue weighted by atomic mass is 10.2. The molecular weight excluding hydrogens is 313 g/mol. The third-order valence-corrected chi connectivity index (χ3v) is 3.41. The molecule has 0 fully saturated rings. The van der Waals surface area contributed by atoms with E-state index in [4.69, 9.17) is 27.9 Å². The lowest BCUT2D eigenvalue weighted by Crippen LogP contribution is -2.13. The summed E-state index contributed by atoms with van der Waals surface area (Å²) in [6.07, 6.45) is 1.41. The van der Waals surface area contributed by atoms with Crippen molar-refractivity contribution in [3.63, 3.8) is 0 Å². The Morgan fingerprint density at radius 3 is 2.67 bits per heavy atom. The molecule has 2 aromatic rings. The largest absolute Gasteiger partial charge is 0.497 e. The van der Waals surface area contributed by atoms with Gasteiger partial charge in [-0.2, -0.15) is 0 Å². The molecule has 1 amide bonds. The standard InChI is InChI=1S/C14H13Cl2N3O2/c1-17-13-6-9(11(16)7-18-13)14(20)19-12-5-8(21-2)3-4-10(12)15/h3-7H,1-2H3,(H,17,18)(H,19,20). The smallest absolute Gasteiger partial charge is 0.257 e. The molecule has 1 aromatic carbocycles. The van der Waals surface area contributed by atoms with Crippen LogP contribution in [0.25, 0.3) is 0 Å². The fraction of sp³-hybridized carbons (Fsp3) is 0.143. The van der Waals surface area contributed by atoms with Crippen molar-refractivity contribution < 1.29 is 9.53 Å². The molecule has 1 aromatic heterocycles. The van der Waals surface area contributed by atoms with E-state index in [1.165, 1.54) is 13.3 Å². The number of hydrogen-bond donors (Lipinski definition) is 2. The summed E-state index contributed by atoms with van der Waals surface area (Å²) >= 11 is 12.1. The topological polar surface area (TPSA) is 63.2 Å². The van der Waals surface area contributed by atoms with E-state index in [0.717, 1.165) is 0 Å². The fourth-order valence-corrected chi connectivity index (χ4v) is 2.02. The lowest BCUT2D eigenvalue weighted by molar-refractivity contribution is 0.102. The Labute approximate surface area is 132 Å². The van der Waals surface area contributed by atoms with Gasteiger partial charge in [0, 0.05) is 19.3 Å². The molecule has 5 nitrogen and oxygen atoms in total. The van der Waals surface area contributed by atoms with E-state index in [-0.39, 0.29) is 10.9 Å². The van der Waals surface area contributed by atoms with Crippen molar-refractivity contribution in [1.29, 1.82) is 0 Å². The molecule has 7 heteroatoms. The molecule has 0 aliphatic carbocycles. The minimum Gasteiger partial charge on any atom is -0.497 e. The summed E-state index contributed by atoms with van der Waals surface area (Å²) in [5.74, 6) is 0.752. The normalized spacial score (nSPS) is 10.1. The Bertz CT molecular complexity index is 677. The number of rotatable bonds is 4. The van der Waals surface area contributed by atoms with E-state index >= 15 is 0 Å². The summed E-state index contributed by atoms with van der Waals surface area (Å²) in [7, 11) is 3.24. The van der Waals surface area contributed by atoms with Gasteiger partial charge in [-0.15, -0.1) is 0 Å². The van der Waals surface area contributed by atoms with Gasteiger partial charge < -0.3 is 15.4 Å². The molecule has 21 heavy (non-hydrogen) atoms. The molecular formula is C14H13Cl2N3O2. The van der Waals surface area contributed by atoms with Crippen LogP contribution in [0.1, 0.15) is 10.4 Å². The molecule has 0 aliphatic rings. The molecule has 2 rings (SSSR count). The van der Waals surface area contributed by atoms with Gasteiger partial charge in [0.2, 0.25) is 0 Å². The van der Waals surface area contributed by atoms with E-state index in [1.807, 2.05) is 0 Å². The van der Waals surface area contributed by atoms with Gasteiger partial charge in [0.25, 0.3) is 5.91 Å². The zero-order valence-electron chi connectivity index (χ0n) is 11.4. The maximum absolute atomic E-state index is 12.3. The summed E-state index contributed by atoms with van der Waals surface area (Å²) in [5.41, 5.74) is 0.745. The highest BCUT2D eigenvalue weighted by Gasteiger charge is 2.14. The summed E-state index contributed by atoms with van der Waals surface area (Å²) in [4.78, 5) is 16.3. The molecule has 0 atom stereocenters. The van der Waals surface area contributed by atoms with Crippen LogP contribution >= 0.6 is 23.2 Å². The van der Waals surface area contributed by atoms with Crippen LogP contribution in [-0.4, -0.2) is 25.0 Å². The van der Waals surface area contributed by atoms with Crippen LogP contribution in [0.15, 0.2) is 30.5 Å². The van der Waals surface area contributed by atoms with Gasteiger partial charge in [0.1, 0.15) is 11.6 Å². The third-order valence-electron chi connectivity index (χ3n) is 2.78. The van der Waals surface area contributed by atoms with Gasteiger partial charge in [0.15, 0.2) is 0 Å². The van der Waals surface area contributed by atoms with Gasteiger partial charge in [0.05, 0.1) is 28.4 Å². The van der Waals surface area contributed by atoms with Crippen molar-refractivity contribution in [2.24, 2.45) is 0 Å². The minimum absolute atomic E-state index is 0.255. The zero-order valence-corrected chi connectivity index (χ0v) is 12.9. The van der Waals surface area contributed by atoms with E-state index in [1.54, 1.807) is 31.3 Å². The van der Waals surface area contributed by atoms with Gasteiger partial charge in [-0.05, 0) is 18.2 Å². The van der Waals surface area contributed by atoms with Crippen molar-refractivity contribution in [2.45, 2.75) is 0 Å². The number of methoxy groups -OCH3 is 1. The summed E-state index contributed by atoms with van der Waals surface area (Å²) in [6, 6.07) is 6.54. The van der Waals surface area contributed by atoms with Gasteiger partial charge in [-0.25, -0.2) is 4.98 Å². The first kappa shape index (κ1) is 15.4. The number of benzene rings is 1. The van der Waals surface area contributed by atoms with E-state index in [9.17, 15) is 4.79 Å². The number of amides is 1. The summed E-state index contributed by atoms with van der Waals surface area (Å²) < 4.78 is 5.10. The second-order valence-electron chi connectivity index (χ2n) is 4.10. The number of carbonyl (C=O) groups excluding carboxylic acids is 1. The molecule has 0 unspecified atom stereocenters. The van der Waals surface area contributed by atoms with Crippen molar-refractivity contribution in [1.82, 2.24) is 4.98 Å². The lowest BCUT2D eigenvalue weighted by Gasteiger charge is -2.10. The number of nitrogens with one attached hydrogen (secondary N) is 2. The van der Waals surface area contributed by atoms with Gasteiger partial charge in [-0.3, -0.25) is 4.79 Å².